The maximum absolute atomic E-state index is 13.2. The van der Waals surface area contributed by atoms with Crippen molar-refractivity contribution in [2.24, 2.45) is 4.99 Å². The number of carbonyl (C=O) groups is 2. The van der Waals surface area contributed by atoms with Crippen molar-refractivity contribution in [3.8, 4) is 22.9 Å². The first-order valence-electron chi connectivity index (χ1n) is 14.5. The van der Waals surface area contributed by atoms with Gasteiger partial charge in [-0.15, -0.1) is 10.2 Å². The maximum atomic E-state index is 13.2. The average Bonchev–Trinajstić information content (AvgIpc) is 3.37. The Morgan fingerprint density at radius 1 is 0.978 bits per heavy atom. The van der Waals surface area contributed by atoms with Crippen molar-refractivity contribution < 1.29 is 24.5 Å². The van der Waals surface area contributed by atoms with Gasteiger partial charge in [0.15, 0.2) is 17.3 Å². The Hall–Kier alpha value is -5.49. The fourth-order valence-corrected chi connectivity index (χ4v) is 5.47. The summed E-state index contributed by atoms with van der Waals surface area (Å²) in [5.74, 6) is 0.581. The fraction of sp³-hybridized carbons (Fsp3) is 0.212. The molecule has 1 atom stereocenters. The second-order valence-electron chi connectivity index (χ2n) is 10.8. The molecule has 4 N–H and O–H groups in total. The van der Waals surface area contributed by atoms with Crippen LogP contribution in [-0.4, -0.2) is 67.7 Å². The summed E-state index contributed by atoms with van der Waals surface area (Å²) >= 11 is 6.17. The largest absolute Gasteiger partial charge is 0.504 e. The molecule has 2 amide bonds. The molecule has 0 fully saturated rings. The van der Waals surface area contributed by atoms with Crippen LogP contribution >= 0.6 is 11.6 Å². The molecule has 0 saturated carbocycles. The number of aromatic hydroxyl groups is 2. The lowest BCUT2D eigenvalue weighted by atomic mass is 10.00. The van der Waals surface area contributed by atoms with Crippen LogP contribution in [0.25, 0.3) is 16.6 Å². The third-order valence-electron chi connectivity index (χ3n) is 7.65. The quantitative estimate of drug-likeness (QED) is 0.176. The normalized spacial score (nSPS) is 13.7. The number of pyridine rings is 1. The molecule has 6 rings (SSSR count). The third-order valence-corrected chi connectivity index (χ3v) is 7.90. The van der Waals surface area contributed by atoms with E-state index in [1.807, 2.05) is 47.9 Å². The Kier molecular flexibility index (Phi) is 8.53. The molecule has 1 aliphatic rings. The molecule has 3 heterocycles. The van der Waals surface area contributed by atoms with Gasteiger partial charge in [0.05, 0.1) is 37.0 Å². The van der Waals surface area contributed by atoms with Gasteiger partial charge in [0.1, 0.15) is 17.6 Å². The molecule has 12 nitrogen and oxygen atoms in total. The summed E-state index contributed by atoms with van der Waals surface area (Å²) in [4.78, 5) is 35.1. The topological polar surface area (TPSA) is 164 Å². The number of hydrogen-bond acceptors (Lipinski definition) is 9. The van der Waals surface area contributed by atoms with Gasteiger partial charge in [0.2, 0.25) is 11.8 Å². The van der Waals surface area contributed by atoms with Crippen molar-refractivity contribution in [1.29, 1.82) is 0 Å². The number of carbonyl (C=O) groups excluding carboxylic acids is 2. The van der Waals surface area contributed by atoms with Gasteiger partial charge in [-0.1, -0.05) is 23.7 Å². The predicted octanol–water partition coefficient (Wildman–Crippen LogP) is 3.95. The van der Waals surface area contributed by atoms with Crippen LogP contribution in [-0.2, 0) is 16.0 Å². The number of aliphatic imine (C=N–C) groups is 1. The second kappa shape index (κ2) is 12.9. The number of phenols is 2. The molecule has 2 aromatic heterocycles. The molecule has 5 aromatic rings. The highest BCUT2D eigenvalue weighted by atomic mass is 35.5. The predicted molar refractivity (Wildman–Crippen MR) is 172 cm³/mol. The van der Waals surface area contributed by atoms with E-state index < -0.39 is 6.04 Å². The lowest BCUT2D eigenvalue weighted by Crippen LogP contribution is -2.38. The van der Waals surface area contributed by atoms with Crippen molar-refractivity contribution in [1.82, 2.24) is 30.4 Å². The highest BCUT2D eigenvalue weighted by Crippen LogP contribution is 2.34. The average molecular weight is 640 g/mol. The zero-order chi connectivity index (χ0) is 32.4. The molecular formula is C33H30ClN7O5. The Balaban J connectivity index is 1.14. The Morgan fingerprint density at radius 3 is 2.54 bits per heavy atom. The van der Waals surface area contributed by atoms with E-state index in [0.29, 0.717) is 52.0 Å². The van der Waals surface area contributed by atoms with E-state index in [9.17, 15) is 19.8 Å². The van der Waals surface area contributed by atoms with E-state index in [0.717, 1.165) is 22.4 Å². The van der Waals surface area contributed by atoms with Gasteiger partial charge < -0.3 is 25.6 Å². The Morgan fingerprint density at radius 2 is 1.76 bits per heavy atom. The number of phenolic OH excluding ortho intramolecular Hbond substituents is 2. The minimum Gasteiger partial charge on any atom is -0.504 e. The molecule has 13 heteroatoms. The number of fused-ring (bicyclic) bond motifs is 4. The molecule has 0 aliphatic carbocycles. The van der Waals surface area contributed by atoms with Crippen LogP contribution in [0.3, 0.4) is 0 Å². The Bertz CT molecular complexity index is 1990. The van der Waals surface area contributed by atoms with Crippen LogP contribution in [0.5, 0.6) is 17.2 Å². The lowest BCUT2D eigenvalue weighted by molar-refractivity contribution is -0.126. The van der Waals surface area contributed by atoms with E-state index in [1.165, 1.54) is 12.1 Å². The zero-order valence-corrected chi connectivity index (χ0v) is 25.7. The van der Waals surface area contributed by atoms with Crippen molar-refractivity contribution in [3.05, 3.63) is 100 Å². The highest BCUT2D eigenvalue weighted by Gasteiger charge is 2.30. The molecule has 3 aromatic carbocycles. The first-order chi connectivity index (χ1) is 22.2. The molecule has 234 valence electrons. The highest BCUT2D eigenvalue weighted by molar-refractivity contribution is 6.30. The molecule has 0 bridgehead atoms. The van der Waals surface area contributed by atoms with Crippen molar-refractivity contribution >= 4 is 40.0 Å². The minimum absolute atomic E-state index is 0.0706. The monoisotopic (exact) mass is 639 g/mol. The first kappa shape index (κ1) is 30.5. The lowest BCUT2D eigenvalue weighted by Gasteiger charge is -2.14. The minimum atomic E-state index is -0.699. The third kappa shape index (κ3) is 6.33. The van der Waals surface area contributed by atoms with Crippen molar-refractivity contribution in [2.75, 3.05) is 20.2 Å². The van der Waals surface area contributed by atoms with Gasteiger partial charge in [-0.2, -0.15) is 0 Å². The molecule has 0 spiro atoms. The summed E-state index contributed by atoms with van der Waals surface area (Å²) in [5.41, 5.74) is 4.40. The van der Waals surface area contributed by atoms with Crippen LogP contribution in [0, 0.1) is 6.92 Å². The van der Waals surface area contributed by atoms with Gasteiger partial charge in [0.25, 0.3) is 0 Å². The van der Waals surface area contributed by atoms with Gasteiger partial charge in [-0.3, -0.25) is 24.1 Å². The maximum Gasteiger partial charge on any atom is 0.239 e. The molecular weight excluding hydrogens is 610 g/mol. The number of benzene rings is 3. The van der Waals surface area contributed by atoms with Gasteiger partial charge >= 0.3 is 0 Å². The van der Waals surface area contributed by atoms with Gasteiger partial charge in [-0.25, -0.2) is 0 Å². The summed E-state index contributed by atoms with van der Waals surface area (Å²) in [6, 6.07) is 16.9. The van der Waals surface area contributed by atoms with Crippen LogP contribution < -0.4 is 15.4 Å². The Labute approximate surface area is 268 Å². The standard InChI is InChI=1S/C33H30ClN7O5/c1-18-39-40-33-26(38-32(20-3-5-22(34)6-4-20)24-13-23(46-2)7-8-27(24)41(18)33)15-30(44)37-17-31(45)35-10-9-19-11-21-12-28(42)29(43)14-25(21)36-16-19/h3-8,11-14,16,26,42-43H,9-10,15,17H2,1-2H3,(H,35,45)(H,37,44)/t26-/m0/s1. The SMILES string of the molecule is COc1ccc2c(c1)C(c1ccc(Cl)cc1)=N[C@@H](CC(=O)NCC(=O)NCCc1cnc3cc(O)c(O)cc3c1)c1nnc(C)n1-2. The molecule has 1 aliphatic heterocycles. The van der Waals surface area contributed by atoms with Gasteiger partial charge in [-0.05, 0) is 61.4 Å². The smallest absolute Gasteiger partial charge is 0.239 e. The number of aromatic nitrogens is 4. The summed E-state index contributed by atoms with van der Waals surface area (Å²) in [7, 11) is 1.59. The fourth-order valence-electron chi connectivity index (χ4n) is 5.35. The molecule has 0 unspecified atom stereocenters. The van der Waals surface area contributed by atoms with Crippen molar-refractivity contribution in [2.45, 2.75) is 25.8 Å². The number of nitrogens with zero attached hydrogens (tertiary/aromatic N) is 5. The van der Waals surface area contributed by atoms with E-state index in [-0.39, 0.29) is 36.3 Å². The van der Waals surface area contributed by atoms with Crippen LogP contribution in [0.4, 0.5) is 0 Å². The van der Waals surface area contributed by atoms with E-state index >= 15 is 0 Å². The van der Waals surface area contributed by atoms with E-state index in [4.69, 9.17) is 21.3 Å². The number of halogens is 1. The molecule has 46 heavy (non-hydrogen) atoms. The number of aryl methyl sites for hydroxylation is 1. The van der Waals surface area contributed by atoms with Crippen LogP contribution in [0.15, 0.2) is 71.9 Å². The van der Waals surface area contributed by atoms with Gasteiger partial charge in [0, 0.05) is 40.3 Å². The zero-order valence-electron chi connectivity index (χ0n) is 25.0. The van der Waals surface area contributed by atoms with Crippen molar-refractivity contribution in [3.63, 3.8) is 0 Å². The summed E-state index contributed by atoms with van der Waals surface area (Å²) < 4.78 is 7.40. The summed E-state index contributed by atoms with van der Waals surface area (Å²) in [5, 5.41) is 34.8. The number of amides is 2. The number of ether oxygens (including phenoxy) is 1. The van der Waals surface area contributed by atoms with Crippen LogP contribution in [0.1, 0.15) is 40.8 Å². The molecule has 0 saturated heterocycles. The molecule has 0 radical (unpaired) electrons. The van der Waals surface area contributed by atoms with E-state index in [1.54, 1.807) is 25.4 Å². The number of methoxy groups -OCH3 is 1. The summed E-state index contributed by atoms with van der Waals surface area (Å²) in [6.45, 7) is 1.93. The second-order valence-corrected chi connectivity index (χ2v) is 11.2. The summed E-state index contributed by atoms with van der Waals surface area (Å²) in [6.07, 6.45) is 2.06. The number of rotatable bonds is 9. The number of hydrogen-bond donors (Lipinski definition) is 4. The van der Waals surface area contributed by atoms with Crippen LogP contribution in [0.2, 0.25) is 5.02 Å². The van der Waals surface area contributed by atoms with E-state index in [2.05, 4.69) is 25.8 Å². The number of nitrogens with one attached hydrogen (secondary N) is 2. The first-order valence-corrected chi connectivity index (χ1v) is 14.9.